The summed E-state index contributed by atoms with van der Waals surface area (Å²) < 4.78 is 0. The van der Waals surface area contributed by atoms with Gasteiger partial charge in [-0.05, 0) is 79.4 Å². The van der Waals surface area contributed by atoms with E-state index in [2.05, 4.69) is 13.8 Å². The van der Waals surface area contributed by atoms with E-state index in [0.29, 0.717) is 17.3 Å². The second-order valence-corrected chi connectivity index (χ2v) is 12.1. The van der Waals surface area contributed by atoms with E-state index in [0.717, 1.165) is 36.5 Å². The van der Waals surface area contributed by atoms with Crippen LogP contribution in [-0.2, 0) is 0 Å². The Bertz CT molecular complexity index is 459. The fourth-order valence-corrected chi connectivity index (χ4v) is 8.20. The molecule has 2 heteroatoms. The lowest BCUT2D eigenvalue weighted by molar-refractivity contribution is -0.0645. The van der Waals surface area contributed by atoms with Crippen LogP contribution in [0.25, 0.3) is 0 Å². The van der Waals surface area contributed by atoms with Gasteiger partial charge in [-0.15, -0.1) is 0 Å². The second-order valence-electron chi connectivity index (χ2n) is 12.1. The summed E-state index contributed by atoms with van der Waals surface area (Å²) in [6, 6.07) is 0. The van der Waals surface area contributed by atoms with E-state index in [1.54, 1.807) is 0 Å². The highest BCUT2D eigenvalue weighted by molar-refractivity contribution is 4.97. The zero-order chi connectivity index (χ0) is 20.4. The van der Waals surface area contributed by atoms with Crippen LogP contribution in [0.4, 0.5) is 0 Å². The fourth-order valence-electron chi connectivity index (χ4n) is 8.20. The van der Waals surface area contributed by atoms with Crippen LogP contribution < -0.4 is 0 Å². The van der Waals surface area contributed by atoms with Crippen molar-refractivity contribution in [2.75, 3.05) is 0 Å². The molecule has 6 atom stereocenters. The molecule has 0 spiro atoms. The zero-order valence-corrected chi connectivity index (χ0v) is 19.3. The molecule has 0 saturated heterocycles. The van der Waals surface area contributed by atoms with Crippen LogP contribution in [0.5, 0.6) is 0 Å². The van der Waals surface area contributed by atoms with Crippen molar-refractivity contribution < 1.29 is 10.2 Å². The minimum Gasteiger partial charge on any atom is -0.393 e. The van der Waals surface area contributed by atoms with Crippen molar-refractivity contribution >= 4 is 0 Å². The normalized spacial score (nSPS) is 41.4. The van der Waals surface area contributed by atoms with Gasteiger partial charge in [0.2, 0.25) is 0 Å². The van der Waals surface area contributed by atoms with E-state index < -0.39 is 0 Å². The van der Waals surface area contributed by atoms with Crippen LogP contribution in [0.2, 0.25) is 0 Å². The quantitative estimate of drug-likeness (QED) is 0.545. The third-order valence-electron chi connectivity index (χ3n) is 10.3. The van der Waals surface area contributed by atoms with Gasteiger partial charge in [-0.2, -0.15) is 0 Å². The maximum absolute atomic E-state index is 10.8. The highest BCUT2D eigenvalue weighted by Gasteiger charge is 2.46. The lowest BCUT2D eigenvalue weighted by Crippen LogP contribution is -2.45. The molecule has 4 rings (SSSR count). The molecule has 4 fully saturated rings. The topological polar surface area (TPSA) is 40.5 Å². The van der Waals surface area contributed by atoms with Crippen molar-refractivity contribution in [2.24, 2.45) is 40.9 Å². The summed E-state index contributed by atoms with van der Waals surface area (Å²) >= 11 is 0. The number of aliphatic hydroxyl groups is 2. The van der Waals surface area contributed by atoms with Gasteiger partial charge in [0.25, 0.3) is 0 Å². The predicted octanol–water partition coefficient (Wildman–Crippen LogP) is 6.73. The monoisotopic (exact) mass is 404 g/mol. The van der Waals surface area contributed by atoms with Gasteiger partial charge in [0.15, 0.2) is 0 Å². The van der Waals surface area contributed by atoms with Gasteiger partial charge >= 0.3 is 0 Å². The molecule has 0 bridgehead atoms. The minimum absolute atomic E-state index is 0.0479. The number of hydrogen-bond acceptors (Lipinski definition) is 2. The van der Waals surface area contributed by atoms with Crippen molar-refractivity contribution in [3.63, 3.8) is 0 Å². The summed E-state index contributed by atoms with van der Waals surface area (Å²) in [6.07, 6.45) is 20.6. The summed E-state index contributed by atoms with van der Waals surface area (Å²) in [5.74, 6) is 4.17. The van der Waals surface area contributed by atoms with E-state index in [-0.39, 0.29) is 12.2 Å². The van der Waals surface area contributed by atoms with Crippen LogP contribution in [0.15, 0.2) is 0 Å². The Balaban J connectivity index is 1.42. The molecule has 2 N–H and O–H groups in total. The molecule has 0 aromatic heterocycles. The van der Waals surface area contributed by atoms with Crippen molar-refractivity contribution in [1.29, 1.82) is 0 Å². The first kappa shape index (κ1) is 22.1. The minimum atomic E-state index is -0.0479. The van der Waals surface area contributed by atoms with E-state index in [1.165, 1.54) is 89.9 Å². The number of rotatable bonds is 4. The predicted molar refractivity (Wildman–Crippen MR) is 121 cm³/mol. The summed E-state index contributed by atoms with van der Waals surface area (Å²) in [6.45, 7) is 5.10. The summed E-state index contributed by atoms with van der Waals surface area (Å²) in [5.41, 5.74) is 0.347. The highest BCUT2D eigenvalue weighted by Crippen LogP contribution is 2.53. The van der Waals surface area contributed by atoms with Crippen molar-refractivity contribution in [1.82, 2.24) is 0 Å². The molecule has 4 aliphatic carbocycles. The molecule has 0 aliphatic heterocycles. The second kappa shape index (κ2) is 9.60. The first-order valence-electron chi connectivity index (χ1n) is 13.3. The van der Waals surface area contributed by atoms with Crippen LogP contribution in [0, 0.1) is 40.9 Å². The maximum Gasteiger partial charge on any atom is 0.0571 e. The third-order valence-corrected chi connectivity index (χ3v) is 10.3. The molecule has 2 nitrogen and oxygen atoms in total. The van der Waals surface area contributed by atoms with Crippen LogP contribution in [0.3, 0.4) is 0 Å². The molecule has 4 saturated carbocycles. The average Bonchev–Trinajstić information content (AvgIpc) is 2.75. The van der Waals surface area contributed by atoms with Crippen molar-refractivity contribution in [3.05, 3.63) is 0 Å². The molecule has 0 aromatic carbocycles. The Morgan fingerprint density at radius 1 is 0.517 bits per heavy atom. The Morgan fingerprint density at radius 2 is 0.897 bits per heavy atom. The van der Waals surface area contributed by atoms with Gasteiger partial charge in [-0.25, -0.2) is 0 Å². The number of aliphatic hydroxyl groups excluding tert-OH is 2. The highest BCUT2D eigenvalue weighted by atomic mass is 16.3. The molecule has 0 heterocycles. The van der Waals surface area contributed by atoms with Crippen LogP contribution in [0.1, 0.15) is 117 Å². The lowest BCUT2D eigenvalue weighted by Gasteiger charge is -2.51. The Hall–Kier alpha value is -0.0800. The van der Waals surface area contributed by atoms with Crippen molar-refractivity contribution in [2.45, 2.75) is 129 Å². The van der Waals surface area contributed by atoms with Gasteiger partial charge in [0, 0.05) is 0 Å². The van der Waals surface area contributed by atoms with Gasteiger partial charge in [-0.3, -0.25) is 0 Å². The molecule has 0 radical (unpaired) electrons. The van der Waals surface area contributed by atoms with Crippen LogP contribution in [-0.4, -0.2) is 22.4 Å². The Morgan fingerprint density at radius 3 is 1.28 bits per heavy atom. The molecular weight excluding hydrogens is 356 g/mol. The first-order valence-corrected chi connectivity index (χ1v) is 13.3. The Labute approximate surface area is 180 Å². The van der Waals surface area contributed by atoms with Gasteiger partial charge < -0.3 is 10.2 Å². The van der Waals surface area contributed by atoms with Gasteiger partial charge in [0.05, 0.1) is 12.2 Å². The molecule has 0 amide bonds. The molecule has 29 heavy (non-hydrogen) atoms. The zero-order valence-electron chi connectivity index (χ0n) is 19.3. The van der Waals surface area contributed by atoms with Crippen molar-refractivity contribution in [3.8, 4) is 0 Å². The SMILES string of the molecule is CC(C)(C1CCC(O)C(C2CCCCC2)C1)C1CCC(O)C(C2CCCCC2)C1. The van der Waals surface area contributed by atoms with Crippen LogP contribution >= 0.6 is 0 Å². The van der Waals surface area contributed by atoms with E-state index >= 15 is 0 Å². The molecule has 4 aliphatic rings. The average molecular weight is 405 g/mol. The summed E-state index contributed by atoms with van der Waals surface area (Å²) in [7, 11) is 0. The Kier molecular flexibility index (Phi) is 7.32. The summed E-state index contributed by atoms with van der Waals surface area (Å²) in [4.78, 5) is 0. The van der Waals surface area contributed by atoms with E-state index in [9.17, 15) is 10.2 Å². The molecule has 168 valence electrons. The molecule has 0 aromatic rings. The third kappa shape index (κ3) is 4.89. The smallest absolute Gasteiger partial charge is 0.0571 e. The standard InChI is InChI=1S/C27H48O2/c1-27(2,21-13-15-25(28)23(17-21)19-9-5-3-6-10-19)22-14-16-26(29)24(18-22)20-11-7-4-8-12-20/h19-26,28-29H,3-18H2,1-2H3. The fraction of sp³-hybridized carbons (Fsp3) is 1.00. The lowest BCUT2D eigenvalue weighted by atomic mass is 9.55. The van der Waals surface area contributed by atoms with E-state index in [4.69, 9.17) is 0 Å². The number of hydrogen-bond donors (Lipinski definition) is 2. The largest absolute Gasteiger partial charge is 0.393 e. The maximum atomic E-state index is 10.8. The molecular formula is C27H48O2. The molecule has 6 unspecified atom stereocenters. The van der Waals surface area contributed by atoms with Gasteiger partial charge in [0.1, 0.15) is 0 Å². The first-order chi connectivity index (χ1) is 14.0. The van der Waals surface area contributed by atoms with Gasteiger partial charge in [-0.1, -0.05) is 78.1 Å². The van der Waals surface area contributed by atoms with E-state index in [1.807, 2.05) is 0 Å². The summed E-state index contributed by atoms with van der Waals surface area (Å²) in [5, 5.41) is 21.7.